The van der Waals surface area contributed by atoms with Gasteiger partial charge in [-0.15, -0.1) is 0 Å². The summed E-state index contributed by atoms with van der Waals surface area (Å²) in [7, 11) is 0. The van der Waals surface area contributed by atoms with Crippen molar-refractivity contribution in [1.82, 2.24) is 14.9 Å². The Morgan fingerprint density at radius 2 is 1.75 bits per heavy atom. The van der Waals surface area contributed by atoms with Crippen LogP contribution in [0.1, 0.15) is 34.1 Å². The third-order valence-electron chi connectivity index (χ3n) is 5.27. The molecule has 32 heavy (non-hydrogen) atoms. The number of nitrogens with one attached hydrogen (secondary N) is 1. The number of nitrogens with zero attached hydrogens (tertiary/aromatic N) is 2. The molecule has 4 rings (SSSR count). The maximum absolute atomic E-state index is 12.9. The van der Waals surface area contributed by atoms with Crippen molar-refractivity contribution in [3.05, 3.63) is 106 Å². The van der Waals surface area contributed by atoms with E-state index in [2.05, 4.69) is 10.3 Å². The number of carbonyl (C=O) groups excluding carboxylic acids is 1. The van der Waals surface area contributed by atoms with Gasteiger partial charge in [0.05, 0.1) is 5.39 Å². The SMILES string of the molecule is CCn1cc(C(=O)NCc2ccc(OCc3ccccc3)cc2)c(=O)c2ccc(C)nc21. The molecule has 0 bridgehead atoms. The van der Waals surface area contributed by atoms with Crippen molar-refractivity contribution in [3.8, 4) is 5.75 Å². The molecule has 0 aliphatic heterocycles. The second-order valence-electron chi connectivity index (χ2n) is 7.58. The van der Waals surface area contributed by atoms with E-state index in [-0.39, 0.29) is 11.0 Å². The highest BCUT2D eigenvalue weighted by Crippen LogP contribution is 2.15. The minimum absolute atomic E-state index is 0.118. The third-order valence-corrected chi connectivity index (χ3v) is 5.27. The Morgan fingerprint density at radius 1 is 1.00 bits per heavy atom. The molecule has 0 fully saturated rings. The molecule has 1 N–H and O–H groups in total. The van der Waals surface area contributed by atoms with Crippen molar-refractivity contribution in [3.63, 3.8) is 0 Å². The number of hydrogen-bond donors (Lipinski definition) is 1. The minimum Gasteiger partial charge on any atom is -0.489 e. The first-order chi connectivity index (χ1) is 15.5. The van der Waals surface area contributed by atoms with Crippen LogP contribution in [0.3, 0.4) is 0 Å². The van der Waals surface area contributed by atoms with Crippen molar-refractivity contribution < 1.29 is 9.53 Å². The molecule has 2 aromatic heterocycles. The minimum atomic E-state index is -0.399. The molecule has 0 aliphatic rings. The van der Waals surface area contributed by atoms with E-state index >= 15 is 0 Å². The molecular formula is C26H25N3O3. The van der Waals surface area contributed by atoms with Gasteiger partial charge < -0.3 is 14.6 Å². The van der Waals surface area contributed by atoms with Gasteiger partial charge in [0.15, 0.2) is 0 Å². The highest BCUT2D eigenvalue weighted by molar-refractivity contribution is 5.96. The summed E-state index contributed by atoms with van der Waals surface area (Å²) >= 11 is 0. The lowest BCUT2D eigenvalue weighted by Gasteiger charge is -2.12. The Morgan fingerprint density at radius 3 is 2.47 bits per heavy atom. The van der Waals surface area contributed by atoms with Crippen LogP contribution in [0.25, 0.3) is 11.0 Å². The first kappa shape index (κ1) is 21.3. The Kier molecular flexibility index (Phi) is 6.31. The van der Waals surface area contributed by atoms with Crippen LogP contribution in [-0.4, -0.2) is 15.5 Å². The molecule has 1 amide bonds. The summed E-state index contributed by atoms with van der Waals surface area (Å²) in [5.74, 6) is 0.358. The maximum atomic E-state index is 12.9. The zero-order chi connectivity index (χ0) is 22.5. The van der Waals surface area contributed by atoms with Gasteiger partial charge in [-0.05, 0) is 49.2 Å². The fourth-order valence-corrected chi connectivity index (χ4v) is 3.48. The number of rotatable bonds is 7. The molecule has 162 valence electrons. The molecule has 0 saturated carbocycles. The average molecular weight is 428 g/mol. The van der Waals surface area contributed by atoms with E-state index in [9.17, 15) is 9.59 Å². The zero-order valence-corrected chi connectivity index (χ0v) is 18.2. The summed E-state index contributed by atoms with van der Waals surface area (Å²) in [5.41, 5.74) is 3.25. The molecule has 4 aromatic rings. The van der Waals surface area contributed by atoms with Crippen molar-refractivity contribution in [2.45, 2.75) is 33.5 Å². The highest BCUT2D eigenvalue weighted by atomic mass is 16.5. The van der Waals surface area contributed by atoms with E-state index in [1.54, 1.807) is 18.3 Å². The molecule has 6 nitrogen and oxygen atoms in total. The quantitative estimate of drug-likeness (QED) is 0.479. The number of hydrogen-bond acceptors (Lipinski definition) is 4. The van der Waals surface area contributed by atoms with Gasteiger partial charge in [-0.2, -0.15) is 0 Å². The number of carbonyl (C=O) groups is 1. The molecule has 2 aromatic carbocycles. The lowest BCUT2D eigenvalue weighted by molar-refractivity contribution is 0.0949. The predicted molar refractivity (Wildman–Crippen MR) is 125 cm³/mol. The molecular weight excluding hydrogens is 402 g/mol. The van der Waals surface area contributed by atoms with E-state index in [0.717, 1.165) is 22.6 Å². The first-order valence-corrected chi connectivity index (χ1v) is 10.6. The van der Waals surface area contributed by atoms with Gasteiger partial charge in [0.1, 0.15) is 23.6 Å². The normalized spacial score (nSPS) is 10.8. The number of fused-ring (bicyclic) bond motifs is 1. The van der Waals surface area contributed by atoms with Crippen LogP contribution in [0.5, 0.6) is 5.75 Å². The van der Waals surface area contributed by atoms with E-state index in [0.29, 0.717) is 30.7 Å². The van der Waals surface area contributed by atoms with E-state index in [4.69, 9.17) is 4.74 Å². The highest BCUT2D eigenvalue weighted by Gasteiger charge is 2.16. The predicted octanol–water partition coefficient (Wildman–Crippen LogP) is 4.23. The van der Waals surface area contributed by atoms with Crippen molar-refractivity contribution >= 4 is 16.9 Å². The molecule has 0 aliphatic carbocycles. The zero-order valence-electron chi connectivity index (χ0n) is 18.2. The number of ether oxygens (including phenoxy) is 1. The molecule has 6 heteroatoms. The van der Waals surface area contributed by atoms with Gasteiger partial charge in [0.25, 0.3) is 5.91 Å². The summed E-state index contributed by atoms with van der Waals surface area (Å²) in [6.07, 6.45) is 1.59. The maximum Gasteiger partial charge on any atom is 0.257 e. The molecule has 0 atom stereocenters. The molecule has 0 spiro atoms. The fourth-order valence-electron chi connectivity index (χ4n) is 3.48. The van der Waals surface area contributed by atoms with Crippen LogP contribution in [0, 0.1) is 6.92 Å². The monoisotopic (exact) mass is 427 g/mol. The van der Waals surface area contributed by atoms with Crippen LogP contribution >= 0.6 is 0 Å². The van der Waals surface area contributed by atoms with E-state index in [1.807, 2.05) is 73.0 Å². The molecule has 0 radical (unpaired) electrons. The fraction of sp³-hybridized carbons (Fsp3) is 0.192. The van der Waals surface area contributed by atoms with E-state index < -0.39 is 5.91 Å². The smallest absolute Gasteiger partial charge is 0.257 e. The Hall–Kier alpha value is -3.93. The molecule has 2 heterocycles. The summed E-state index contributed by atoms with van der Waals surface area (Å²) in [6.45, 7) is 5.25. The molecule has 0 unspecified atom stereocenters. The summed E-state index contributed by atoms with van der Waals surface area (Å²) in [5, 5.41) is 3.30. The van der Waals surface area contributed by atoms with Crippen LogP contribution in [0.15, 0.2) is 77.7 Å². The van der Waals surface area contributed by atoms with Gasteiger partial charge in [-0.25, -0.2) is 4.98 Å². The second kappa shape index (κ2) is 9.47. The molecule has 0 saturated heterocycles. The summed E-state index contributed by atoms with van der Waals surface area (Å²) in [6, 6.07) is 21.0. The van der Waals surface area contributed by atoms with Gasteiger partial charge >= 0.3 is 0 Å². The largest absolute Gasteiger partial charge is 0.489 e. The van der Waals surface area contributed by atoms with Gasteiger partial charge in [-0.1, -0.05) is 42.5 Å². The number of amides is 1. The van der Waals surface area contributed by atoms with Crippen LogP contribution in [0.2, 0.25) is 0 Å². The first-order valence-electron chi connectivity index (χ1n) is 10.6. The Labute approximate surface area is 186 Å². The third kappa shape index (κ3) is 4.70. The Bertz CT molecular complexity index is 1300. The van der Waals surface area contributed by atoms with Crippen LogP contribution < -0.4 is 15.5 Å². The number of aryl methyl sites for hydroxylation is 2. The summed E-state index contributed by atoms with van der Waals surface area (Å²) in [4.78, 5) is 30.1. The van der Waals surface area contributed by atoms with Gasteiger partial charge in [-0.3, -0.25) is 9.59 Å². The van der Waals surface area contributed by atoms with Crippen molar-refractivity contribution in [2.24, 2.45) is 0 Å². The van der Waals surface area contributed by atoms with Crippen LogP contribution in [0.4, 0.5) is 0 Å². The number of aromatic nitrogens is 2. The lowest BCUT2D eigenvalue weighted by Crippen LogP contribution is -2.29. The Balaban J connectivity index is 1.43. The van der Waals surface area contributed by atoms with Crippen molar-refractivity contribution in [2.75, 3.05) is 0 Å². The topological polar surface area (TPSA) is 73.2 Å². The van der Waals surface area contributed by atoms with Crippen molar-refractivity contribution in [1.29, 1.82) is 0 Å². The van der Waals surface area contributed by atoms with E-state index in [1.165, 1.54) is 0 Å². The summed E-state index contributed by atoms with van der Waals surface area (Å²) < 4.78 is 7.63. The number of benzene rings is 2. The second-order valence-corrected chi connectivity index (χ2v) is 7.58. The standard InChI is InChI=1S/C26H25N3O3/c1-3-29-16-23(24(30)22-14-9-18(2)28-25(22)29)26(31)27-15-19-10-12-21(13-11-19)32-17-20-7-5-4-6-8-20/h4-14,16H,3,15,17H2,1-2H3,(H,27,31). The van der Waals surface area contributed by atoms with Crippen LogP contribution in [-0.2, 0) is 19.7 Å². The average Bonchev–Trinajstić information content (AvgIpc) is 2.83. The van der Waals surface area contributed by atoms with Gasteiger partial charge in [0.2, 0.25) is 5.43 Å². The number of pyridine rings is 2. The van der Waals surface area contributed by atoms with Gasteiger partial charge in [0, 0.05) is 25.0 Å². The lowest BCUT2D eigenvalue weighted by atomic mass is 10.1.